The summed E-state index contributed by atoms with van der Waals surface area (Å²) in [5.41, 5.74) is 13.0. The highest BCUT2D eigenvalue weighted by atomic mass is 15.3. The zero-order valence-corrected chi connectivity index (χ0v) is 12.5. The molecule has 0 saturated heterocycles. The van der Waals surface area contributed by atoms with Crippen molar-refractivity contribution in [3.8, 4) is 5.69 Å². The van der Waals surface area contributed by atoms with Gasteiger partial charge in [0.1, 0.15) is 0 Å². The Morgan fingerprint density at radius 2 is 1.89 bits per heavy atom. The molecule has 19 heavy (non-hydrogen) atoms. The van der Waals surface area contributed by atoms with Gasteiger partial charge in [-0.1, -0.05) is 24.6 Å². The van der Waals surface area contributed by atoms with Crippen molar-refractivity contribution in [3.63, 3.8) is 0 Å². The lowest BCUT2D eigenvalue weighted by molar-refractivity contribution is 0.759. The fourth-order valence-electron chi connectivity index (χ4n) is 2.76. The Morgan fingerprint density at radius 3 is 2.47 bits per heavy atom. The van der Waals surface area contributed by atoms with Gasteiger partial charge >= 0.3 is 0 Å². The van der Waals surface area contributed by atoms with E-state index in [-0.39, 0.29) is 0 Å². The first-order chi connectivity index (χ1) is 8.95. The third-order valence-electron chi connectivity index (χ3n) is 3.77. The molecule has 0 radical (unpaired) electrons. The van der Waals surface area contributed by atoms with Gasteiger partial charge in [0, 0.05) is 11.3 Å². The van der Waals surface area contributed by atoms with Gasteiger partial charge < -0.3 is 5.73 Å². The van der Waals surface area contributed by atoms with Gasteiger partial charge in [-0.2, -0.15) is 5.10 Å². The average Bonchev–Trinajstić information content (AvgIpc) is 2.64. The van der Waals surface area contributed by atoms with Crippen molar-refractivity contribution in [3.05, 3.63) is 46.3 Å². The molecule has 3 heteroatoms. The van der Waals surface area contributed by atoms with E-state index in [1.165, 1.54) is 22.4 Å². The van der Waals surface area contributed by atoms with Crippen LogP contribution in [0.2, 0.25) is 0 Å². The van der Waals surface area contributed by atoms with Crippen LogP contribution < -0.4 is 5.73 Å². The number of hydrogen-bond donors (Lipinski definition) is 1. The standard InChI is InChI=1S/C16H23N3/c1-10-6-7-15(11(2)8-10)19-14(5)16(12(3)9-17)13(4)18-19/h6-8,12H,9,17H2,1-5H3. The topological polar surface area (TPSA) is 43.8 Å². The van der Waals surface area contributed by atoms with Crippen LogP contribution in [-0.2, 0) is 0 Å². The lowest BCUT2D eigenvalue weighted by Gasteiger charge is -2.12. The van der Waals surface area contributed by atoms with Crippen molar-refractivity contribution in [1.82, 2.24) is 9.78 Å². The van der Waals surface area contributed by atoms with E-state index >= 15 is 0 Å². The monoisotopic (exact) mass is 257 g/mol. The largest absolute Gasteiger partial charge is 0.330 e. The summed E-state index contributed by atoms with van der Waals surface area (Å²) < 4.78 is 2.05. The van der Waals surface area contributed by atoms with Gasteiger partial charge in [-0.25, -0.2) is 4.68 Å². The van der Waals surface area contributed by atoms with Crippen molar-refractivity contribution in [2.24, 2.45) is 5.73 Å². The number of rotatable bonds is 3. The maximum atomic E-state index is 5.80. The molecule has 1 unspecified atom stereocenters. The zero-order chi connectivity index (χ0) is 14.2. The lowest BCUT2D eigenvalue weighted by atomic mass is 9.99. The van der Waals surface area contributed by atoms with Crippen LogP contribution in [0.25, 0.3) is 5.69 Å². The van der Waals surface area contributed by atoms with Gasteiger partial charge in [-0.3, -0.25) is 0 Å². The maximum absolute atomic E-state index is 5.80. The molecule has 1 aromatic heterocycles. The highest BCUT2D eigenvalue weighted by molar-refractivity contribution is 5.45. The molecule has 102 valence electrons. The molecule has 1 aromatic carbocycles. The van der Waals surface area contributed by atoms with E-state index in [0.717, 1.165) is 11.4 Å². The van der Waals surface area contributed by atoms with Crippen LogP contribution in [0.3, 0.4) is 0 Å². The summed E-state index contributed by atoms with van der Waals surface area (Å²) in [4.78, 5) is 0. The second-order valence-corrected chi connectivity index (χ2v) is 5.42. The second kappa shape index (κ2) is 5.17. The highest BCUT2D eigenvalue weighted by Crippen LogP contribution is 2.26. The maximum Gasteiger partial charge on any atom is 0.0678 e. The summed E-state index contributed by atoms with van der Waals surface area (Å²) in [5.74, 6) is 0.347. The Hall–Kier alpha value is -1.61. The zero-order valence-electron chi connectivity index (χ0n) is 12.5. The Bertz CT molecular complexity index is 596. The van der Waals surface area contributed by atoms with Crippen molar-refractivity contribution >= 4 is 0 Å². The van der Waals surface area contributed by atoms with Crippen LogP contribution >= 0.6 is 0 Å². The highest BCUT2D eigenvalue weighted by Gasteiger charge is 2.17. The number of nitrogens with two attached hydrogens (primary N) is 1. The predicted octanol–water partition coefficient (Wildman–Crippen LogP) is 3.17. The molecule has 2 aromatic rings. The Balaban J connectivity index is 2.58. The van der Waals surface area contributed by atoms with Crippen molar-refractivity contribution in [2.75, 3.05) is 6.54 Å². The summed E-state index contributed by atoms with van der Waals surface area (Å²) >= 11 is 0. The Morgan fingerprint density at radius 1 is 1.21 bits per heavy atom. The normalized spacial score (nSPS) is 12.7. The summed E-state index contributed by atoms with van der Waals surface area (Å²) in [5, 5.41) is 4.70. The third kappa shape index (κ3) is 2.43. The second-order valence-electron chi connectivity index (χ2n) is 5.42. The molecular formula is C16H23N3. The molecular weight excluding hydrogens is 234 g/mol. The Labute approximate surface area is 115 Å². The van der Waals surface area contributed by atoms with Crippen molar-refractivity contribution in [1.29, 1.82) is 0 Å². The minimum absolute atomic E-state index is 0.347. The summed E-state index contributed by atoms with van der Waals surface area (Å²) in [6.45, 7) is 11.2. The SMILES string of the molecule is Cc1ccc(-n2nc(C)c(C(C)CN)c2C)c(C)c1. The van der Waals surface area contributed by atoms with Gasteiger partial charge in [0.15, 0.2) is 0 Å². The average molecular weight is 257 g/mol. The molecule has 0 aliphatic heterocycles. The molecule has 0 aliphatic rings. The number of aryl methyl sites for hydroxylation is 3. The molecule has 1 atom stereocenters. The van der Waals surface area contributed by atoms with E-state index in [0.29, 0.717) is 12.5 Å². The molecule has 1 heterocycles. The number of benzene rings is 1. The van der Waals surface area contributed by atoms with Gasteiger partial charge in [0.25, 0.3) is 0 Å². The van der Waals surface area contributed by atoms with Crippen LogP contribution in [0.5, 0.6) is 0 Å². The van der Waals surface area contributed by atoms with E-state index in [2.05, 4.69) is 52.8 Å². The van der Waals surface area contributed by atoms with Gasteiger partial charge in [-0.15, -0.1) is 0 Å². The molecule has 0 aliphatic carbocycles. The van der Waals surface area contributed by atoms with E-state index in [9.17, 15) is 0 Å². The van der Waals surface area contributed by atoms with Crippen LogP contribution in [0, 0.1) is 27.7 Å². The van der Waals surface area contributed by atoms with E-state index < -0.39 is 0 Å². The smallest absolute Gasteiger partial charge is 0.0678 e. The van der Waals surface area contributed by atoms with Crippen molar-refractivity contribution in [2.45, 2.75) is 40.5 Å². The van der Waals surface area contributed by atoms with Crippen LogP contribution in [0.4, 0.5) is 0 Å². The fourth-order valence-corrected chi connectivity index (χ4v) is 2.76. The van der Waals surface area contributed by atoms with Crippen LogP contribution in [-0.4, -0.2) is 16.3 Å². The molecule has 2 N–H and O–H groups in total. The minimum atomic E-state index is 0.347. The van der Waals surface area contributed by atoms with Crippen LogP contribution in [0.15, 0.2) is 18.2 Å². The van der Waals surface area contributed by atoms with Crippen molar-refractivity contribution < 1.29 is 0 Å². The molecule has 0 fully saturated rings. The van der Waals surface area contributed by atoms with E-state index in [1.807, 2.05) is 4.68 Å². The quantitative estimate of drug-likeness (QED) is 0.918. The molecule has 0 bridgehead atoms. The first kappa shape index (κ1) is 13.8. The summed E-state index contributed by atoms with van der Waals surface area (Å²) in [6, 6.07) is 6.46. The first-order valence-corrected chi connectivity index (χ1v) is 6.79. The molecule has 0 saturated carbocycles. The Kier molecular flexibility index (Phi) is 3.76. The van der Waals surface area contributed by atoms with Gasteiger partial charge in [-0.05, 0) is 51.8 Å². The van der Waals surface area contributed by atoms with E-state index in [1.54, 1.807) is 0 Å². The minimum Gasteiger partial charge on any atom is -0.330 e. The molecule has 0 amide bonds. The predicted molar refractivity (Wildman–Crippen MR) is 80.0 cm³/mol. The summed E-state index contributed by atoms with van der Waals surface area (Å²) in [6.07, 6.45) is 0. The number of nitrogens with zero attached hydrogens (tertiary/aromatic N) is 2. The first-order valence-electron chi connectivity index (χ1n) is 6.79. The lowest BCUT2D eigenvalue weighted by Crippen LogP contribution is -2.11. The fraction of sp³-hybridized carbons (Fsp3) is 0.438. The molecule has 2 rings (SSSR count). The number of aromatic nitrogens is 2. The molecule has 0 spiro atoms. The molecule has 3 nitrogen and oxygen atoms in total. The van der Waals surface area contributed by atoms with E-state index in [4.69, 9.17) is 10.8 Å². The van der Waals surface area contributed by atoms with Gasteiger partial charge in [0.05, 0.1) is 11.4 Å². The third-order valence-corrected chi connectivity index (χ3v) is 3.77. The van der Waals surface area contributed by atoms with Crippen LogP contribution in [0.1, 0.15) is 40.9 Å². The van der Waals surface area contributed by atoms with Gasteiger partial charge in [0.2, 0.25) is 0 Å². The number of hydrogen-bond acceptors (Lipinski definition) is 2. The summed E-state index contributed by atoms with van der Waals surface area (Å²) in [7, 11) is 0.